The molecule has 0 radical (unpaired) electrons. The fraction of sp³-hybridized carbons (Fsp3) is 0.381. The second-order valence-electron chi connectivity index (χ2n) is 7.95. The highest BCUT2D eigenvalue weighted by Crippen LogP contribution is 2.40. The molecule has 156 valence electrons. The number of carbonyl (C=O) groups excluding carboxylic acids is 1. The van der Waals surface area contributed by atoms with Crippen LogP contribution in [0.5, 0.6) is 5.75 Å². The van der Waals surface area contributed by atoms with Crippen LogP contribution in [-0.4, -0.2) is 32.7 Å². The summed E-state index contributed by atoms with van der Waals surface area (Å²) in [7, 11) is -3.65. The number of amides is 1. The summed E-state index contributed by atoms with van der Waals surface area (Å²) in [5.41, 5.74) is 1.95. The minimum Gasteiger partial charge on any atom is -0.487 e. The van der Waals surface area contributed by atoms with E-state index < -0.39 is 15.6 Å². The van der Waals surface area contributed by atoms with Gasteiger partial charge in [0.2, 0.25) is 15.9 Å². The third-order valence-electron chi connectivity index (χ3n) is 4.77. The summed E-state index contributed by atoms with van der Waals surface area (Å²) in [4.78, 5) is 12.9. The SMILES string of the molecule is Cc1ccc2c(c1)C(NC(=O)CN(c1ccccc1Br)S(C)(=O)=O)CC(C)(C)O2. The third kappa shape index (κ3) is 5.11. The molecular formula is C21H25BrN2O4S. The highest BCUT2D eigenvalue weighted by atomic mass is 79.9. The lowest BCUT2D eigenvalue weighted by atomic mass is 9.89. The molecule has 1 amide bonds. The maximum atomic E-state index is 12.9. The summed E-state index contributed by atoms with van der Waals surface area (Å²) in [5.74, 6) is 0.365. The van der Waals surface area contributed by atoms with Crippen molar-refractivity contribution in [3.05, 3.63) is 58.1 Å². The van der Waals surface area contributed by atoms with E-state index in [1.165, 1.54) is 0 Å². The van der Waals surface area contributed by atoms with Crippen molar-refractivity contribution in [2.24, 2.45) is 0 Å². The number of benzene rings is 2. The summed E-state index contributed by atoms with van der Waals surface area (Å²) in [6.45, 7) is 5.62. The lowest BCUT2D eigenvalue weighted by Gasteiger charge is -2.38. The van der Waals surface area contributed by atoms with Gasteiger partial charge in [0.1, 0.15) is 17.9 Å². The molecule has 0 aromatic heterocycles. The molecule has 2 aromatic carbocycles. The van der Waals surface area contributed by atoms with Gasteiger partial charge in [-0.1, -0.05) is 29.8 Å². The van der Waals surface area contributed by atoms with Crippen LogP contribution in [0.2, 0.25) is 0 Å². The van der Waals surface area contributed by atoms with Crippen molar-refractivity contribution < 1.29 is 17.9 Å². The number of aryl methyl sites for hydroxylation is 1. The van der Waals surface area contributed by atoms with E-state index in [1.54, 1.807) is 24.3 Å². The number of sulfonamides is 1. The van der Waals surface area contributed by atoms with Crippen LogP contribution in [-0.2, 0) is 14.8 Å². The van der Waals surface area contributed by atoms with Gasteiger partial charge in [0.25, 0.3) is 0 Å². The van der Waals surface area contributed by atoms with Gasteiger partial charge in [0.05, 0.1) is 18.0 Å². The van der Waals surface area contributed by atoms with E-state index in [4.69, 9.17) is 4.74 Å². The average molecular weight is 481 g/mol. The largest absolute Gasteiger partial charge is 0.487 e. The van der Waals surface area contributed by atoms with E-state index in [-0.39, 0.29) is 18.5 Å². The molecular weight excluding hydrogens is 456 g/mol. The molecule has 0 saturated carbocycles. The molecule has 1 N–H and O–H groups in total. The van der Waals surface area contributed by atoms with Crippen LogP contribution >= 0.6 is 15.9 Å². The second-order valence-corrected chi connectivity index (χ2v) is 10.7. The van der Waals surface area contributed by atoms with Crippen molar-refractivity contribution >= 4 is 37.5 Å². The molecule has 29 heavy (non-hydrogen) atoms. The Morgan fingerprint density at radius 2 is 1.97 bits per heavy atom. The Kier molecular flexibility index (Phi) is 5.96. The molecule has 6 nitrogen and oxygen atoms in total. The lowest BCUT2D eigenvalue weighted by Crippen LogP contribution is -2.45. The first kappa shape index (κ1) is 21.6. The van der Waals surface area contributed by atoms with Gasteiger partial charge >= 0.3 is 0 Å². The summed E-state index contributed by atoms with van der Waals surface area (Å²) >= 11 is 3.37. The Labute approximate surface area is 180 Å². The van der Waals surface area contributed by atoms with Gasteiger partial charge in [0, 0.05) is 16.5 Å². The van der Waals surface area contributed by atoms with Gasteiger partial charge in [-0.2, -0.15) is 0 Å². The molecule has 2 aromatic rings. The number of para-hydroxylation sites is 1. The molecule has 0 fully saturated rings. The molecule has 3 rings (SSSR count). The van der Waals surface area contributed by atoms with Crippen molar-refractivity contribution in [3.63, 3.8) is 0 Å². The summed E-state index contributed by atoms with van der Waals surface area (Å²) < 4.78 is 32.5. The second kappa shape index (κ2) is 7.99. The van der Waals surface area contributed by atoms with E-state index in [1.807, 2.05) is 39.0 Å². The molecule has 1 unspecified atom stereocenters. The van der Waals surface area contributed by atoms with E-state index >= 15 is 0 Å². The number of ether oxygens (including phenoxy) is 1. The van der Waals surface area contributed by atoms with Crippen LogP contribution < -0.4 is 14.4 Å². The fourth-order valence-electron chi connectivity index (χ4n) is 3.51. The first-order chi connectivity index (χ1) is 13.5. The van der Waals surface area contributed by atoms with Gasteiger partial charge in [0.15, 0.2) is 0 Å². The molecule has 0 saturated heterocycles. The molecule has 1 aliphatic heterocycles. The molecule has 1 aliphatic rings. The standard InChI is InChI=1S/C21H25BrN2O4S/c1-14-9-10-19-15(11-14)17(12-21(2,3)28-19)23-20(25)13-24(29(4,26)27)18-8-6-5-7-16(18)22/h5-11,17H,12-13H2,1-4H3,(H,23,25). The van der Waals surface area contributed by atoms with E-state index in [0.717, 1.165) is 27.4 Å². The van der Waals surface area contributed by atoms with E-state index in [9.17, 15) is 13.2 Å². The highest BCUT2D eigenvalue weighted by Gasteiger charge is 2.35. The van der Waals surface area contributed by atoms with Crippen LogP contribution in [0.15, 0.2) is 46.9 Å². The van der Waals surface area contributed by atoms with E-state index in [0.29, 0.717) is 16.6 Å². The summed E-state index contributed by atoms with van der Waals surface area (Å²) in [5, 5.41) is 3.01. The van der Waals surface area contributed by atoms with Crippen molar-refractivity contribution in [1.82, 2.24) is 5.32 Å². The zero-order chi connectivity index (χ0) is 21.4. The molecule has 0 spiro atoms. The van der Waals surface area contributed by atoms with Crippen molar-refractivity contribution in [1.29, 1.82) is 0 Å². The number of hydrogen-bond donors (Lipinski definition) is 1. The summed E-state index contributed by atoms with van der Waals surface area (Å²) in [6.07, 6.45) is 1.68. The molecule has 0 aliphatic carbocycles. The Balaban J connectivity index is 1.86. The number of carbonyl (C=O) groups is 1. The van der Waals surface area contributed by atoms with Crippen LogP contribution in [0.1, 0.15) is 37.4 Å². The minimum atomic E-state index is -3.65. The first-order valence-electron chi connectivity index (χ1n) is 9.27. The number of fused-ring (bicyclic) bond motifs is 1. The third-order valence-corrected chi connectivity index (χ3v) is 6.56. The van der Waals surface area contributed by atoms with Crippen LogP contribution in [0.3, 0.4) is 0 Å². The Morgan fingerprint density at radius 3 is 2.62 bits per heavy atom. The van der Waals surface area contributed by atoms with Gasteiger partial charge in [-0.25, -0.2) is 8.42 Å². The smallest absolute Gasteiger partial charge is 0.241 e. The number of halogens is 1. The first-order valence-corrected chi connectivity index (χ1v) is 11.9. The number of rotatable bonds is 5. The number of nitrogens with zero attached hydrogens (tertiary/aromatic N) is 1. The Morgan fingerprint density at radius 1 is 1.28 bits per heavy atom. The Bertz CT molecular complexity index is 1040. The maximum absolute atomic E-state index is 12.9. The number of hydrogen-bond acceptors (Lipinski definition) is 4. The van der Waals surface area contributed by atoms with Gasteiger partial charge in [-0.05, 0) is 54.9 Å². The van der Waals surface area contributed by atoms with Crippen molar-refractivity contribution in [3.8, 4) is 5.75 Å². The van der Waals surface area contributed by atoms with Gasteiger partial charge < -0.3 is 10.1 Å². The normalized spacial score (nSPS) is 17.8. The van der Waals surface area contributed by atoms with E-state index in [2.05, 4.69) is 21.2 Å². The lowest BCUT2D eigenvalue weighted by molar-refractivity contribution is -0.120. The molecule has 1 heterocycles. The monoisotopic (exact) mass is 480 g/mol. The molecule has 1 atom stereocenters. The Hall–Kier alpha value is -2.06. The topological polar surface area (TPSA) is 75.7 Å². The molecule has 8 heteroatoms. The van der Waals surface area contributed by atoms with Crippen LogP contribution in [0, 0.1) is 6.92 Å². The van der Waals surface area contributed by atoms with Crippen molar-refractivity contribution in [2.75, 3.05) is 17.1 Å². The van der Waals surface area contributed by atoms with Crippen molar-refractivity contribution in [2.45, 2.75) is 38.8 Å². The number of nitrogens with one attached hydrogen (secondary N) is 1. The quantitative estimate of drug-likeness (QED) is 0.702. The predicted octanol–water partition coefficient (Wildman–Crippen LogP) is 3.94. The zero-order valence-corrected chi connectivity index (χ0v) is 19.3. The van der Waals surface area contributed by atoms with Crippen LogP contribution in [0.4, 0.5) is 5.69 Å². The average Bonchev–Trinajstić information content (AvgIpc) is 2.59. The minimum absolute atomic E-state index is 0.262. The summed E-state index contributed by atoms with van der Waals surface area (Å²) in [6, 6.07) is 12.5. The number of anilines is 1. The zero-order valence-electron chi connectivity index (χ0n) is 16.9. The highest BCUT2D eigenvalue weighted by molar-refractivity contribution is 9.10. The predicted molar refractivity (Wildman–Crippen MR) is 118 cm³/mol. The fourth-order valence-corrected chi connectivity index (χ4v) is 4.99. The molecule has 0 bridgehead atoms. The van der Waals surface area contributed by atoms with Gasteiger partial charge in [-0.15, -0.1) is 0 Å². The van der Waals surface area contributed by atoms with Crippen LogP contribution in [0.25, 0.3) is 0 Å². The van der Waals surface area contributed by atoms with Gasteiger partial charge in [-0.3, -0.25) is 9.10 Å². The maximum Gasteiger partial charge on any atom is 0.241 e.